The second kappa shape index (κ2) is 6.78. The fraction of sp³-hybridized carbons (Fsp3) is 0.533. The van der Waals surface area contributed by atoms with Crippen molar-refractivity contribution < 1.29 is 8.42 Å². The predicted molar refractivity (Wildman–Crippen MR) is 82.6 cm³/mol. The maximum absolute atomic E-state index is 12.9. The summed E-state index contributed by atoms with van der Waals surface area (Å²) in [7, 11) is -3.66. The summed E-state index contributed by atoms with van der Waals surface area (Å²) in [5.74, 6) is 0. The SMILES string of the molecule is CCN(C1CCCCC1)S(=O)(=O)c1cc(C#N)ccc1Cl. The molecule has 0 amide bonds. The number of hydrogen-bond acceptors (Lipinski definition) is 3. The lowest BCUT2D eigenvalue weighted by Gasteiger charge is -2.32. The van der Waals surface area contributed by atoms with Gasteiger partial charge in [-0.1, -0.05) is 37.8 Å². The van der Waals surface area contributed by atoms with Gasteiger partial charge in [0.15, 0.2) is 0 Å². The molecule has 1 aromatic carbocycles. The van der Waals surface area contributed by atoms with E-state index in [-0.39, 0.29) is 16.0 Å². The van der Waals surface area contributed by atoms with Gasteiger partial charge in [0.1, 0.15) is 4.90 Å². The van der Waals surface area contributed by atoms with Crippen molar-refractivity contribution in [3.63, 3.8) is 0 Å². The summed E-state index contributed by atoms with van der Waals surface area (Å²) in [5.41, 5.74) is 0.303. The van der Waals surface area contributed by atoms with E-state index in [0.29, 0.717) is 12.1 Å². The highest BCUT2D eigenvalue weighted by atomic mass is 35.5. The van der Waals surface area contributed by atoms with E-state index in [1.807, 2.05) is 13.0 Å². The monoisotopic (exact) mass is 326 g/mol. The van der Waals surface area contributed by atoms with Gasteiger partial charge in [-0.25, -0.2) is 8.42 Å². The van der Waals surface area contributed by atoms with Crippen LogP contribution in [0.25, 0.3) is 0 Å². The molecule has 1 aliphatic carbocycles. The van der Waals surface area contributed by atoms with Crippen LogP contribution in [0.15, 0.2) is 23.1 Å². The van der Waals surface area contributed by atoms with Crippen molar-refractivity contribution in [3.8, 4) is 6.07 Å². The highest BCUT2D eigenvalue weighted by molar-refractivity contribution is 7.89. The molecule has 0 N–H and O–H groups in total. The van der Waals surface area contributed by atoms with Gasteiger partial charge in [-0.15, -0.1) is 0 Å². The van der Waals surface area contributed by atoms with E-state index in [1.165, 1.54) is 28.9 Å². The molecule has 0 unspecified atom stereocenters. The first kappa shape index (κ1) is 16.3. The smallest absolute Gasteiger partial charge is 0.207 e. The molecule has 0 radical (unpaired) electrons. The molecule has 4 nitrogen and oxygen atoms in total. The standard InChI is InChI=1S/C15H19ClN2O2S/c1-2-18(13-6-4-3-5-7-13)21(19,20)15-10-12(11-17)8-9-14(15)16/h8-10,13H,2-7H2,1H3. The maximum atomic E-state index is 12.9. The molecule has 1 fully saturated rings. The molecule has 0 heterocycles. The molecule has 1 aliphatic rings. The van der Waals surface area contributed by atoms with E-state index in [9.17, 15) is 8.42 Å². The summed E-state index contributed by atoms with van der Waals surface area (Å²) >= 11 is 6.06. The quantitative estimate of drug-likeness (QED) is 0.850. The van der Waals surface area contributed by atoms with E-state index in [4.69, 9.17) is 16.9 Å². The van der Waals surface area contributed by atoms with Crippen molar-refractivity contribution in [3.05, 3.63) is 28.8 Å². The molecule has 1 saturated carbocycles. The van der Waals surface area contributed by atoms with Gasteiger partial charge in [0.25, 0.3) is 0 Å². The molecular formula is C15H19ClN2O2S. The van der Waals surface area contributed by atoms with Gasteiger partial charge >= 0.3 is 0 Å². The number of hydrogen-bond donors (Lipinski definition) is 0. The minimum absolute atomic E-state index is 0.0376. The Morgan fingerprint density at radius 3 is 2.57 bits per heavy atom. The molecule has 0 aliphatic heterocycles. The highest BCUT2D eigenvalue weighted by Gasteiger charge is 2.32. The van der Waals surface area contributed by atoms with Crippen molar-refractivity contribution in [2.45, 2.75) is 50.0 Å². The van der Waals surface area contributed by atoms with Gasteiger partial charge in [-0.3, -0.25) is 0 Å². The molecule has 6 heteroatoms. The first-order chi connectivity index (χ1) is 10.0. The van der Waals surface area contributed by atoms with Crippen LogP contribution >= 0.6 is 11.6 Å². The third-order valence-corrected chi connectivity index (χ3v) is 6.45. The number of halogens is 1. The van der Waals surface area contributed by atoms with Crippen LogP contribution in [0.2, 0.25) is 5.02 Å². The molecule has 0 spiro atoms. The van der Waals surface area contributed by atoms with Gasteiger partial charge in [0, 0.05) is 12.6 Å². The molecule has 114 valence electrons. The summed E-state index contributed by atoms with van der Waals surface area (Å²) in [6.45, 7) is 2.26. The third kappa shape index (κ3) is 3.39. The zero-order valence-corrected chi connectivity index (χ0v) is 13.6. The summed E-state index contributed by atoms with van der Waals surface area (Å²) in [4.78, 5) is 0.0376. The topological polar surface area (TPSA) is 61.2 Å². The minimum atomic E-state index is -3.66. The molecule has 0 atom stereocenters. The number of rotatable bonds is 4. The number of nitriles is 1. The Kier molecular flexibility index (Phi) is 5.26. The Labute approximate surface area is 131 Å². The molecule has 2 rings (SSSR count). The van der Waals surface area contributed by atoms with Crippen LogP contribution in [0.1, 0.15) is 44.6 Å². The molecule has 21 heavy (non-hydrogen) atoms. The summed E-state index contributed by atoms with van der Waals surface area (Å²) in [6, 6.07) is 6.36. The van der Waals surface area contributed by atoms with Crippen molar-refractivity contribution >= 4 is 21.6 Å². The normalized spacial score (nSPS) is 16.9. The zero-order valence-electron chi connectivity index (χ0n) is 12.0. The van der Waals surface area contributed by atoms with Crippen LogP contribution in [-0.2, 0) is 10.0 Å². The summed E-state index contributed by atoms with van der Waals surface area (Å²) in [5, 5.41) is 9.13. The zero-order chi connectivity index (χ0) is 15.5. The van der Waals surface area contributed by atoms with E-state index >= 15 is 0 Å². The van der Waals surface area contributed by atoms with Crippen molar-refractivity contribution in [2.75, 3.05) is 6.54 Å². The lowest BCUT2D eigenvalue weighted by molar-refractivity contribution is 0.261. The summed E-state index contributed by atoms with van der Waals surface area (Å²) in [6.07, 6.45) is 5.06. The van der Waals surface area contributed by atoms with E-state index in [2.05, 4.69) is 0 Å². The second-order valence-corrected chi connectivity index (χ2v) is 7.52. The fourth-order valence-electron chi connectivity index (χ4n) is 2.89. The number of benzene rings is 1. The Hall–Kier alpha value is -1.09. The average molecular weight is 327 g/mol. The van der Waals surface area contributed by atoms with E-state index < -0.39 is 10.0 Å². The van der Waals surface area contributed by atoms with Crippen molar-refractivity contribution in [2.24, 2.45) is 0 Å². The van der Waals surface area contributed by atoms with Gasteiger partial charge in [0.2, 0.25) is 10.0 Å². The van der Waals surface area contributed by atoms with E-state index in [1.54, 1.807) is 0 Å². The first-order valence-corrected chi connectivity index (χ1v) is 9.04. The second-order valence-electron chi connectivity index (χ2n) is 5.26. The van der Waals surface area contributed by atoms with Crippen LogP contribution in [0.5, 0.6) is 0 Å². The Bertz CT molecular complexity index is 646. The first-order valence-electron chi connectivity index (χ1n) is 7.22. The minimum Gasteiger partial charge on any atom is -0.207 e. The van der Waals surface area contributed by atoms with Gasteiger partial charge in [0.05, 0.1) is 16.7 Å². The number of nitrogens with zero attached hydrogens (tertiary/aromatic N) is 2. The highest BCUT2D eigenvalue weighted by Crippen LogP contribution is 2.31. The molecule has 0 bridgehead atoms. The van der Waals surface area contributed by atoms with Crippen molar-refractivity contribution in [1.82, 2.24) is 4.31 Å². The van der Waals surface area contributed by atoms with Crippen LogP contribution in [0.3, 0.4) is 0 Å². The van der Waals surface area contributed by atoms with Gasteiger partial charge in [-0.2, -0.15) is 9.57 Å². The molecule has 1 aromatic rings. The fourth-order valence-corrected chi connectivity index (χ4v) is 5.09. The van der Waals surface area contributed by atoms with Crippen LogP contribution in [0.4, 0.5) is 0 Å². The van der Waals surface area contributed by atoms with E-state index in [0.717, 1.165) is 25.7 Å². The van der Waals surface area contributed by atoms with Gasteiger partial charge < -0.3 is 0 Å². The van der Waals surface area contributed by atoms with Gasteiger partial charge in [-0.05, 0) is 31.0 Å². The Balaban J connectivity index is 2.41. The summed E-state index contributed by atoms with van der Waals surface area (Å²) < 4.78 is 27.3. The molecular weight excluding hydrogens is 308 g/mol. The average Bonchev–Trinajstić information content (AvgIpc) is 2.49. The van der Waals surface area contributed by atoms with Crippen LogP contribution in [0, 0.1) is 11.3 Å². The third-order valence-electron chi connectivity index (χ3n) is 3.94. The van der Waals surface area contributed by atoms with Crippen LogP contribution in [-0.4, -0.2) is 25.3 Å². The molecule has 0 aromatic heterocycles. The lowest BCUT2D eigenvalue weighted by atomic mass is 9.95. The van der Waals surface area contributed by atoms with Crippen molar-refractivity contribution in [1.29, 1.82) is 5.26 Å². The molecule has 0 saturated heterocycles. The Morgan fingerprint density at radius 1 is 1.33 bits per heavy atom. The number of sulfonamides is 1. The predicted octanol–water partition coefficient (Wildman–Crippen LogP) is 3.55. The van der Waals surface area contributed by atoms with Crippen LogP contribution < -0.4 is 0 Å². The lowest BCUT2D eigenvalue weighted by Crippen LogP contribution is -2.41. The largest absolute Gasteiger partial charge is 0.244 e. The maximum Gasteiger partial charge on any atom is 0.244 e. The Morgan fingerprint density at radius 2 is 2.00 bits per heavy atom.